The second-order valence-corrected chi connectivity index (χ2v) is 5.57. The molecule has 0 bridgehead atoms. The third kappa shape index (κ3) is 3.07. The van der Waals surface area contributed by atoms with E-state index in [0.717, 1.165) is 30.8 Å². The van der Waals surface area contributed by atoms with Crippen molar-refractivity contribution in [3.8, 4) is 5.75 Å². The Morgan fingerprint density at radius 3 is 2.62 bits per heavy atom. The quantitative estimate of drug-likeness (QED) is 0.596. The number of aryl methyl sites for hydroxylation is 1. The number of hydrazine groups is 1. The van der Waals surface area contributed by atoms with Gasteiger partial charge in [-0.05, 0) is 26.7 Å². The summed E-state index contributed by atoms with van der Waals surface area (Å²) in [5.41, 5.74) is 3.69. The molecule has 1 aliphatic carbocycles. The molecule has 0 radical (unpaired) electrons. The van der Waals surface area contributed by atoms with Crippen LogP contribution in [-0.4, -0.2) is 29.1 Å². The first-order valence-corrected chi connectivity index (χ1v) is 7.92. The third-order valence-electron chi connectivity index (χ3n) is 4.46. The minimum Gasteiger partial charge on any atom is -0.493 e. The second kappa shape index (κ2) is 7.24. The number of hydrogen-bond acceptors (Lipinski definition) is 5. The number of aromatic nitrogens is 2. The molecule has 0 aromatic carbocycles. The fraction of sp³-hybridized carbons (Fsp3) is 0.800. The van der Waals surface area contributed by atoms with Gasteiger partial charge in [0, 0.05) is 13.2 Å². The second-order valence-electron chi connectivity index (χ2n) is 5.57. The van der Waals surface area contributed by atoms with Crippen molar-refractivity contribution in [2.24, 2.45) is 5.84 Å². The van der Waals surface area contributed by atoms with Crippen LogP contribution in [0, 0.1) is 0 Å². The minimum atomic E-state index is -0.276. The maximum absolute atomic E-state index is 6.21. The molecule has 1 aliphatic rings. The zero-order chi connectivity index (χ0) is 15.3. The van der Waals surface area contributed by atoms with Crippen molar-refractivity contribution in [1.29, 1.82) is 0 Å². The number of methoxy groups -OCH3 is 1. The highest BCUT2D eigenvalue weighted by atomic mass is 16.5. The highest BCUT2D eigenvalue weighted by Crippen LogP contribution is 2.43. The fourth-order valence-electron chi connectivity index (χ4n) is 3.51. The van der Waals surface area contributed by atoms with Crippen LogP contribution in [0.2, 0.25) is 0 Å². The number of rotatable bonds is 7. The van der Waals surface area contributed by atoms with E-state index in [1.807, 2.05) is 11.6 Å². The molecular formula is C15H28N4O2. The molecule has 0 saturated heterocycles. The molecule has 0 amide bonds. The van der Waals surface area contributed by atoms with E-state index in [1.165, 1.54) is 19.3 Å². The van der Waals surface area contributed by atoms with Crippen LogP contribution in [0.1, 0.15) is 57.7 Å². The van der Waals surface area contributed by atoms with Crippen LogP contribution < -0.4 is 16.0 Å². The predicted octanol–water partition coefficient (Wildman–Crippen LogP) is 2.16. The Hall–Kier alpha value is -1.11. The highest BCUT2D eigenvalue weighted by molar-refractivity contribution is 5.31. The van der Waals surface area contributed by atoms with Crippen LogP contribution in [0.4, 0.5) is 0 Å². The molecule has 1 fully saturated rings. The summed E-state index contributed by atoms with van der Waals surface area (Å²) >= 11 is 0. The monoisotopic (exact) mass is 296 g/mol. The van der Waals surface area contributed by atoms with Crippen molar-refractivity contribution in [1.82, 2.24) is 15.2 Å². The Morgan fingerprint density at radius 2 is 2.10 bits per heavy atom. The summed E-state index contributed by atoms with van der Waals surface area (Å²) in [6.07, 6.45) is 7.37. The van der Waals surface area contributed by atoms with E-state index in [2.05, 4.69) is 17.4 Å². The first-order valence-electron chi connectivity index (χ1n) is 7.92. The van der Waals surface area contributed by atoms with Crippen LogP contribution in [-0.2, 0) is 11.3 Å². The van der Waals surface area contributed by atoms with Gasteiger partial charge in [-0.3, -0.25) is 10.5 Å². The van der Waals surface area contributed by atoms with Gasteiger partial charge >= 0.3 is 0 Å². The molecule has 6 heteroatoms. The van der Waals surface area contributed by atoms with Gasteiger partial charge in [0.1, 0.15) is 5.69 Å². The normalized spacial score (nSPS) is 19.4. The Bertz CT molecular complexity index is 414. The lowest BCUT2D eigenvalue weighted by atomic mass is 9.78. The Morgan fingerprint density at radius 1 is 1.38 bits per heavy atom. The maximum atomic E-state index is 6.21. The first kappa shape index (κ1) is 16.3. The van der Waals surface area contributed by atoms with Gasteiger partial charge in [0.05, 0.1) is 24.9 Å². The molecule has 1 unspecified atom stereocenters. The molecule has 2 rings (SSSR count). The van der Waals surface area contributed by atoms with Gasteiger partial charge in [-0.2, -0.15) is 5.10 Å². The van der Waals surface area contributed by atoms with Crippen LogP contribution in [0.15, 0.2) is 6.20 Å². The average Bonchev–Trinajstić information content (AvgIpc) is 2.92. The summed E-state index contributed by atoms with van der Waals surface area (Å²) in [4.78, 5) is 0. The molecule has 1 atom stereocenters. The number of nitrogens with zero attached hydrogens (tertiary/aromatic N) is 2. The molecule has 0 aliphatic heterocycles. The molecule has 3 N–H and O–H groups in total. The van der Waals surface area contributed by atoms with Gasteiger partial charge in [0.15, 0.2) is 5.75 Å². The summed E-state index contributed by atoms with van der Waals surface area (Å²) in [6, 6.07) is -0.116. The lowest BCUT2D eigenvalue weighted by Crippen LogP contribution is -2.50. The fourth-order valence-corrected chi connectivity index (χ4v) is 3.51. The van der Waals surface area contributed by atoms with Crippen LogP contribution in [0.5, 0.6) is 5.75 Å². The van der Waals surface area contributed by atoms with Gasteiger partial charge in [0.2, 0.25) is 0 Å². The SMILES string of the molecule is CCOC1(C(NN)c2c(OC)cnn2CC)CCCCC1. The maximum Gasteiger partial charge on any atom is 0.161 e. The lowest BCUT2D eigenvalue weighted by Gasteiger charge is -2.43. The zero-order valence-corrected chi connectivity index (χ0v) is 13.4. The van der Waals surface area contributed by atoms with Crippen molar-refractivity contribution >= 4 is 0 Å². The molecule has 1 heterocycles. The van der Waals surface area contributed by atoms with E-state index in [0.29, 0.717) is 6.61 Å². The van der Waals surface area contributed by atoms with Crippen molar-refractivity contribution in [2.75, 3.05) is 13.7 Å². The Balaban J connectivity index is 2.42. The molecule has 1 aromatic heterocycles. The Kier molecular flexibility index (Phi) is 5.61. The van der Waals surface area contributed by atoms with Crippen LogP contribution in [0.25, 0.3) is 0 Å². The van der Waals surface area contributed by atoms with E-state index in [1.54, 1.807) is 13.3 Å². The number of ether oxygens (including phenoxy) is 2. The number of nitrogens with two attached hydrogens (primary N) is 1. The first-order chi connectivity index (χ1) is 10.2. The molecule has 0 spiro atoms. The molecule has 1 saturated carbocycles. The zero-order valence-electron chi connectivity index (χ0n) is 13.4. The molecule has 6 nitrogen and oxygen atoms in total. The van der Waals surface area contributed by atoms with E-state index in [-0.39, 0.29) is 11.6 Å². The largest absolute Gasteiger partial charge is 0.493 e. The predicted molar refractivity (Wildman–Crippen MR) is 82.0 cm³/mol. The van der Waals surface area contributed by atoms with E-state index < -0.39 is 0 Å². The molecule has 1 aromatic rings. The summed E-state index contributed by atoms with van der Waals surface area (Å²) in [6.45, 7) is 5.57. The van der Waals surface area contributed by atoms with E-state index in [9.17, 15) is 0 Å². The van der Waals surface area contributed by atoms with Crippen molar-refractivity contribution in [2.45, 2.75) is 64.1 Å². The van der Waals surface area contributed by atoms with Crippen molar-refractivity contribution < 1.29 is 9.47 Å². The van der Waals surface area contributed by atoms with Gasteiger partial charge in [-0.1, -0.05) is 19.3 Å². The number of nitrogens with one attached hydrogen (secondary N) is 1. The lowest BCUT2D eigenvalue weighted by molar-refractivity contribution is -0.0933. The standard InChI is InChI=1S/C15H28N4O2/c1-4-19-13(12(20-3)11-17-19)14(18-16)15(21-5-2)9-7-6-8-10-15/h11,14,18H,4-10,16H2,1-3H3. The van der Waals surface area contributed by atoms with Crippen LogP contribution in [0.3, 0.4) is 0 Å². The van der Waals surface area contributed by atoms with Crippen LogP contribution >= 0.6 is 0 Å². The minimum absolute atomic E-state index is 0.116. The molecular weight excluding hydrogens is 268 g/mol. The van der Waals surface area contributed by atoms with E-state index in [4.69, 9.17) is 15.3 Å². The Labute approximate surface area is 126 Å². The van der Waals surface area contributed by atoms with Gasteiger partial charge < -0.3 is 9.47 Å². The summed E-state index contributed by atoms with van der Waals surface area (Å²) < 4.78 is 13.6. The average molecular weight is 296 g/mol. The summed E-state index contributed by atoms with van der Waals surface area (Å²) in [5.74, 6) is 6.70. The van der Waals surface area contributed by atoms with Crippen molar-refractivity contribution in [3.63, 3.8) is 0 Å². The molecule has 120 valence electrons. The van der Waals surface area contributed by atoms with Crippen molar-refractivity contribution in [3.05, 3.63) is 11.9 Å². The summed E-state index contributed by atoms with van der Waals surface area (Å²) in [5, 5.41) is 4.40. The van der Waals surface area contributed by atoms with Gasteiger partial charge in [-0.15, -0.1) is 0 Å². The topological polar surface area (TPSA) is 74.3 Å². The number of hydrogen-bond donors (Lipinski definition) is 2. The molecule has 21 heavy (non-hydrogen) atoms. The van der Waals surface area contributed by atoms with E-state index >= 15 is 0 Å². The highest BCUT2D eigenvalue weighted by Gasteiger charge is 2.44. The van der Waals surface area contributed by atoms with Gasteiger partial charge in [-0.25, -0.2) is 5.43 Å². The van der Waals surface area contributed by atoms with Gasteiger partial charge in [0.25, 0.3) is 0 Å². The smallest absolute Gasteiger partial charge is 0.161 e. The third-order valence-corrected chi connectivity index (χ3v) is 4.46. The summed E-state index contributed by atoms with van der Waals surface area (Å²) in [7, 11) is 1.67.